The lowest BCUT2D eigenvalue weighted by atomic mass is 10.2. The molecule has 0 aliphatic heterocycles. The average Bonchev–Trinajstić information content (AvgIpc) is 2.56. The fraction of sp³-hybridized carbons (Fsp3) is 0.0588. The number of aromatic nitrogens is 2. The number of nitrogens with one attached hydrogen (secondary N) is 1. The Balaban J connectivity index is 1.87. The number of para-hydroxylation sites is 1. The molecule has 0 bridgehead atoms. The maximum Gasteiger partial charge on any atom is 0.297 e. The molecule has 4 nitrogen and oxygen atoms in total. The zero-order chi connectivity index (χ0) is 15.4. The molecule has 0 radical (unpaired) electrons. The van der Waals surface area contributed by atoms with E-state index in [0.717, 1.165) is 11.3 Å². The summed E-state index contributed by atoms with van der Waals surface area (Å²) in [5.74, 6) is 0.297. The van der Waals surface area contributed by atoms with Crippen LogP contribution in [0.5, 0.6) is 0 Å². The predicted molar refractivity (Wildman–Crippen MR) is 88.6 cm³/mol. The van der Waals surface area contributed by atoms with Gasteiger partial charge < -0.3 is 5.32 Å². The van der Waals surface area contributed by atoms with E-state index in [4.69, 9.17) is 11.6 Å². The van der Waals surface area contributed by atoms with Crippen LogP contribution in [0.15, 0.2) is 71.8 Å². The second-order valence-electron chi connectivity index (χ2n) is 4.73. The summed E-state index contributed by atoms with van der Waals surface area (Å²) in [6.07, 6.45) is 3.25. The molecule has 0 saturated heterocycles. The highest BCUT2D eigenvalue weighted by atomic mass is 35.5. The number of benzene rings is 2. The molecule has 110 valence electrons. The second kappa shape index (κ2) is 6.45. The zero-order valence-corrected chi connectivity index (χ0v) is 12.5. The number of rotatable bonds is 4. The minimum atomic E-state index is -0.194. The summed E-state index contributed by atoms with van der Waals surface area (Å²) in [4.78, 5) is 16.6. The topological polar surface area (TPSA) is 46.9 Å². The van der Waals surface area contributed by atoms with Crippen molar-refractivity contribution in [3.05, 3.63) is 87.9 Å². The third-order valence-corrected chi connectivity index (χ3v) is 3.65. The molecule has 0 aliphatic carbocycles. The van der Waals surface area contributed by atoms with Crippen LogP contribution in [0, 0.1) is 0 Å². The summed E-state index contributed by atoms with van der Waals surface area (Å²) in [6, 6.07) is 16.9. The van der Waals surface area contributed by atoms with Crippen LogP contribution in [0.1, 0.15) is 5.56 Å². The number of halogens is 1. The zero-order valence-electron chi connectivity index (χ0n) is 11.7. The Hall–Kier alpha value is -2.59. The molecule has 0 unspecified atom stereocenters. The first-order valence-corrected chi connectivity index (χ1v) is 7.24. The van der Waals surface area contributed by atoms with E-state index in [2.05, 4.69) is 10.3 Å². The van der Waals surface area contributed by atoms with Crippen LogP contribution in [-0.4, -0.2) is 9.55 Å². The van der Waals surface area contributed by atoms with Gasteiger partial charge in [0.15, 0.2) is 5.82 Å². The normalized spacial score (nSPS) is 10.4. The van der Waals surface area contributed by atoms with Gasteiger partial charge in [-0.15, -0.1) is 0 Å². The van der Waals surface area contributed by atoms with Gasteiger partial charge in [0.1, 0.15) is 0 Å². The van der Waals surface area contributed by atoms with E-state index in [-0.39, 0.29) is 5.56 Å². The molecule has 2 aromatic carbocycles. The quantitative estimate of drug-likeness (QED) is 0.802. The SMILES string of the molecule is O=c1c(NCc2ccccc2Cl)nccn1-c1ccccc1. The third kappa shape index (κ3) is 3.02. The standard InChI is InChI=1S/C17H14ClN3O/c18-15-9-5-4-6-13(15)12-20-16-17(22)21(11-10-19-16)14-7-2-1-3-8-14/h1-11H,12H2,(H,19,20). The van der Waals surface area contributed by atoms with Crippen LogP contribution in [-0.2, 0) is 6.54 Å². The maximum absolute atomic E-state index is 12.5. The molecular weight excluding hydrogens is 298 g/mol. The number of hydrogen-bond donors (Lipinski definition) is 1. The molecule has 1 heterocycles. The maximum atomic E-state index is 12.5. The summed E-state index contributed by atoms with van der Waals surface area (Å²) in [5, 5.41) is 3.71. The molecule has 22 heavy (non-hydrogen) atoms. The largest absolute Gasteiger partial charge is 0.361 e. The molecule has 0 spiro atoms. The van der Waals surface area contributed by atoms with Gasteiger partial charge in [-0.2, -0.15) is 0 Å². The van der Waals surface area contributed by atoms with Crippen LogP contribution in [0.25, 0.3) is 5.69 Å². The molecule has 3 rings (SSSR count). The van der Waals surface area contributed by atoms with Crippen molar-refractivity contribution >= 4 is 17.4 Å². The van der Waals surface area contributed by atoms with Crippen LogP contribution in [0.2, 0.25) is 5.02 Å². The number of hydrogen-bond acceptors (Lipinski definition) is 3. The van der Waals surface area contributed by atoms with Crippen LogP contribution >= 0.6 is 11.6 Å². The highest BCUT2D eigenvalue weighted by Crippen LogP contribution is 2.15. The van der Waals surface area contributed by atoms with Crippen molar-refractivity contribution in [3.8, 4) is 5.69 Å². The lowest BCUT2D eigenvalue weighted by molar-refractivity contribution is 0.944. The van der Waals surface area contributed by atoms with E-state index >= 15 is 0 Å². The van der Waals surface area contributed by atoms with Crippen molar-refractivity contribution in [2.75, 3.05) is 5.32 Å². The van der Waals surface area contributed by atoms with Crippen LogP contribution in [0.3, 0.4) is 0 Å². The molecular formula is C17H14ClN3O. The highest BCUT2D eigenvalue weighted by Gasteiger charge is 2.07. The van der Waals surface area contributed by atoms with Gasteiger partial charge in [0.05, 0.1) is 0 Å². The van der Waals surface area contributed by atoms with E-state index in [1.165, 1.54) is 0 Å². The van der Waals surface area contributed by atoms with Crippen molar-refractivity contribution in [1.29, 1.82) is 0 Å². The van der Waals surface area contributed by atoms with Gasteiger partial charge in [-0.1, -0.05) is 48.0 Å². The van der Waals surface area contributed by atoms with Crippen molar-refractivity contribution in [2.45, 2.75) is 6.54 Å². The summed E-state index contributed by atoms with van der Waals surface area (Å²) >= 11 is 6.11. The van der Waals surface area contributed by atoms with Gasteiger partial charge in [-0.25, -0.2) is 4.98 Å². The van der Waals surface area contributed by atoms with E-state index in [9.17, 15) is 4.79 Å². The van der Waals surface area contributed by atoms with Gasteiger partial charge >= 0.3 is 0 Å². The lowest BCUT2D eigenvalue weighted by Gasteiger charge is -2.09. The Labute approximate surface area is 133 Å². The monoisotopic (exact) mass is 311 g/mol. The van der Waals surface area contributed by atoms with Gasteiger partial charge in [0, 0.05) is 29.6 Å². The Bertz CT molecular complexity index is 831. The smallest absolute Gasteiger partial charge is 0.297 e. The van der Waals surface area contributed by atoms with Crippen molar-refractivity contribution in [3.63, 3.8) is 0 Å². The molecule has 0 aliphatic rings. The molecule has 0 fully saturated rings. The van der Waals surface area contributed by atoms with Crippen LogP contribution < -0.4 is 10.9 Å². The predicted octanol–water partition coefficient (Wildman–Crippen LogP) is 3.50. The molecule has 0 amide bonds. The van der Waals surface area contributed by atoms with Gasteiger partial charge in [-0.05, 0) is 23.8 Å². The number of nitrogens with zero attached hydrogens (tertiary/aromatic N) is 2. The molecule has 1 aromatic heterocycles. The average molecular weight is 312 g/mol. The molecule has 0 atom stereocenters. The summed E-state index contributed by atoms with van der Waals surface area (Å²) in [6.45, 7) is 0.445. The first-order valence-electron chi connectivity index (χ1n) is 6.86. The first kappa shape index (κ1) is 14.4. The van der Waals surface area contributed by atoms with Crippen molar-refractivity contribution in [2.24, 2.45) is 0 Å². The van der Waals surface area contributed by atoms with Crippen LogP contribution in [0.4, 0.5) is 5.82 Å². The molecule has 5 heteroatoms. The van der Waals surface area contributed by atoms with Gasteiger partial charge in [0.2, 0.25) is 0 Å². The van der Waals surface area contributed by atoms with E-state index in [1.54, 1.807) is 17.0 Å². The molecule has 3 aromatic rings. The minimum Gasteiger partial charge on any atom is -0.361 e. The fourth-order valence-corrected chi connectivity index (χ4v) is 2.35. The minimum absolute atomic E-state index is 0.194. The molecule has 0 saturated carbocycles. The second-order valence-corrected chi connectivity index (χ2v) is 5.14. The molecule has 1 N–H and O–H groups in total. The Kier molecular flexibility index (Phi) is 4.21. The first-order chi connectivity index (χ1) is 10.8. The lowest BCUT2D eigenvalue weighted by Crippen LogP contribution is -2.23. The Morgan fingerprint density at radius 1 is 1.05 bits per heavy atom. The van der Waals surface area contributed by atoms with Gasteiger partial charge in [0.25, 0.3) is 5.56 Å². The van der Waals surface area contributed by atoms with E-state index in [1.807, 2.05) is 54.6 Å². The Morgan fingerprint density at radius 3 is 2.55 bits per heavy atom. The van der Waals surface area contributed by atoms with E-state index < -0.39 is 0 Å². The summed E-state index contributed by atoms with van der Waals surface area (Å²) in [7, 11) is 0. The van der Waals surface area contributed by atoms with Crippen molar-refractivity contribution in [1.82, 2.24) is 9.55 Å². The van der Waals surface area contributed by atoms with Gasteiger partial charge in [-0.3, -0.25) is 9.36 Å². The Morgan fingerprint density at radius 2 is 1.77 bits per heavy atom. The third-order valence-electron chi connectivity index (χ3n) is 3.28. The fourth-order valence-electron chi connectivity index (χ4n) is 2.15. The highest BCUT2D eigenvalue weighted by molar-refractivity contribution is 6.31. The van der Waals surface area contributed by atoms with Crippen molar-refractivity contribution < 1.29 is 0 Å². The van der Waals surface area contributed by atoms with E-state index in [0.29, 0.717) is 17.4 Å². The number of anilines is 1. The summed E-state index contributed by atoms with van der Waals surface area (Å²) in [5.41, 5.74) is 1.52. The summed E-state index contributed by atoms with van der Waals surface area (Å²) < 4.78 is 1.56.